The molecule has 8 heteroatoms. The number of imidazole rings is 1. The molecular formula is C11H10N6O2. The highest BCUT2D eigenvalue weighted by molar-refractivity contribution is 5.95. The van der Waals surface area contributed by atoms with Crippen molar-refractivity contribution >= 4 is 23.1 Å². The third-order valence-electron chi connectivity index (χ3n) is 2.85. The molecule has 0 fully saturated rings. The number of hydrogen-bond acceptors (Lipinski definition) is 7. The van der Waals surface area contributed by atoms with Gasteiger partial charge in [-0.15, -0.1) is 0 Å². The molecule has 0 aromatic carbocycles. The summed E-state index contributed by atoms with van der Waals surface area (Å²) in [5.41, 5.74) is 7.80. The molecule has 3 aromatic heterocycles. The number of aldehydes is 1. The van der Waals surface area contributed by atoms with E-state index in [1.807, 2.05) is 11.5 Å². The van der Waals surface area contributed by atoms with Crippen LogP contribution in [0.3, 0.4) is 0 Å². The number of carbonyl (C=O) groups excluding carboxylic acids is 1. The Hall–Kier alpha value is -2.77. The zero-order valence-corrected chi connectivity index (χ0v) is 10.1. The Kier molecular flexibility index (Phi) is 2.48. The Labute approximate surface area is 107 Å². The molecule has 0 atom stereocenters. The van der Waals surface area contributed by atoms with E-state index >= 15 is 0 Å². The van der Waals surface area contributed by atoms with Gasteiger partial charge in [-0.2, -0.15) is 0 Å². The van der Waals surface area contributed by atoms with Crippen LogP contribution in [-0.4, -0.2) is 31.1 Å². The van der Waals surface area contributed by atoms with Crippen molar-refractivity contribution < 1.29 is 9.42 Å². The highest BCUT2D eigenvalue weighted by Crippen LogP contribution is 2.27. The summed E-state index contributed by atoms with van der Waals surface area (Å²) in [6.45, 7) is 2.53. The molecule has 3 rings (SSSR count). The molecule has 0 aliphatic heterocycles. The maximum atomic E-state index is 11.1. The third-order valence-corrected chi connectivity index (χ3v) is 2.85. The van der Waals surface area contributed by atoms with Gasteiger partial charge >= 0.3 is 0 Å². The van der Waals surface area contributed by atoms with Crippen molar-refractivity contribution in [1.82, 2.24) is 24.8 Å². The molecule has 3 heterocycles. The molecular weight excluding hydrogens is 248 g/mol. The molecule has 96 valence electrons. The van der Waals surface area contributed by atoms with E-state index in [1.54, 1.807) is 6.20 Å². The Bertz CT molecular complexity index is 760. The van der Waals surface area contributed by atoms with E-state index in [2.05, 4.69) is 24.9 Å². The molecule has 0 aliphatic carbocycles. The molecule has 0 unspecified atom stereocenters. The van der Waals surface area contributed by atoms with Crippen molar-refractivity contribution in [3.8, 4) is 11.5 Å². The summed E-state index contributed by atoms with van der Waals surface area (Å²) in [5, 5.41) is 7.28. The summed E-state index contributed by atoms with van der Waals surface area (Å²) in [7, 11) is 0. The molecule has 0 amide bonds. The first kappa shape index (κ1) is 11.3. The summed E-state index contributed by atoms with van der Waals surface area (Å²) < 4.78 is 6.42. The van der Waals surface area contributed by atoms with Crippen LogP contribution in [0.15, 0.2) is 17.0 Å². The Morgan fingerprint density at radius 3 is 2.89 bits per heavy atom. The number of rotatable bonds is 3. The van der Waals surface area contributed by atoms with Gasteiger partial charge in [0.2, 0.25) is 0 Å². The van der Waals surface area contributed by atoms with E-state index in [9.17, 15) is 4.79 Å². The van der Waals surface area contributed by atoms with Crippen molar-refractivity contribution in [3.63, 3.8) is 0 Å². The Morgan fingerprint density at radius 1 is 1.42 bits per heavy atom. The number of fused-ring (bicyclic) bond motifs is 1. The molecule has 8 nitrogen and oxygen atoms in total. The quantitative estimate of drug-likeness (QED) is 0.694. The van der Waals surface area contributed by atoms with Gasteiger partial charge in [0, 0.05) is 12.7 Å². The predicted molar refractivity (Wildman–Crippen MR) is 66.3 cm³/mol. The maximum Gasteiger partial charge on any atom is 0.199 e. The van der Waals surface area contributed by atoms with Gasteiger partial charge in [0.25, 0.3) is 0 Å². The van der Waals surface area contributed by atoms with Crippen molar-refractivity contribution in [2.75, 3.05) is 5.73 Å². The summed E-state index contributed by atoms with van der Waals surface area (Å²) in [6, 6.07) is 0. The molecule has 3 aromatic rings. The number of nitrogen functional groups attached to an aromatic ring is 1. The summed E-state index contributed by atoms with van der Waals surface area (Å²) in [5.74, 6) is 0.665. The van der Waals surface area contributed by atoms with Crippen LogP contribution in [0.1, 0.15) is 17.3 Å². The topological polar surface area (TPSA) is 113 Å². The van der Waals surface area contributed by atoms with Crippen LogP contribution < -0.4 is 5.73 Å². The highest BCUT2D eigenvalue weighted by atomic mass is 16.6. The summed E-state index contributed by atoms with van der Waals surface area (Å²) in [4.78, 5) is 19.5. The molecule has 0 saturated carbocycles. The first-order valence-electron chi connectivity index (χ1n) is 5.64. The second kappa shape index (κ2) is 4.16. The number of anilines is 1. The number of pyridine rings is 1. The van der Waals surface area contributed by atoms with Crippen LogP contribution in [0.25, 0.3) is 22.6 Å². The lowest BCUT2D eigenvalue weighted by Gasteiger charge is -2.04. The van der Waals surface area contributed by atoms with Crippen molar-refractivity contribution in [2.45, 2.75) is 13.5 Å². The maximum absolute atomic E-state index is 11.1. The van der Waals surface area contributed by atoms with Crippen LogP contribution in [0.5, 0.6) is 0 Å². The molecule has 0 radical (unpaired) electrons. The first-order chi connectivity index (χ1) is 9.26. The van der Waals surface area contributed by atoms with Crippen molar-refractivity contribution in [1.29, 1.82) is 0 Å². The van der Waals surface area contributed by atoms with Crippen molar-refractivity contribution in [3.05, 3.63) is 18.0 Å². The van der Waals surface area contributed by atoms with Gasteiger partial charge in [0.1, 0.15) is 5.52 Å². The minimum absolute atomic E-state index is 0.158. The lowest BCUT2D eigenvalue weighted by Crippen LogP contribution is -2.01. The lowest BCUT2D eigenvalue weighted by molar-refractivity contribution is 0.112. The predicted octanol–water partition coefficient (Wildman–Crippen LogP) is 0.896. The Morgan fingerprint density at radius 2 is 2.26 bits per heavy atom. The van der Waals surface area contributed by atoms with Gasteiger partial charge in [-0.1, -0.05) is 0 Å². The molecule has 0 aliphatic rings. The molecule has 0 bridgehead atoms. The minimum Gasteiger partial charge on any atom is -0.379 e. The van der Waals surface area contributed by atoms with Crippen molar-refractivity contribution in [2.24, 2.45) is 0 Å². The number of nitrogens with two attached hydrogens (primary N) is 1. The highest BCUT2D eigenvalue weighted by Gasteiger charge is 2.19. The molecule has 0 spiro atoms. The fraction of sp³-hybridized carbons (Fsp3) is 0.182. The second-order valence-electron chi connectivity index (χ2n) is 3.89. The lowest BCUT2D eigenvalue weighted by atomic mass is 10.2. The van der Waals surface area contributed by atoms with Gasteiger partial charge < -0.3 is 10.3 Å². The fourth-order valence-corrected chi connectivity index (χ4v) is 2.04. The van der Waals surface area contributed by atoms with Crippen LogP contribution in [-0.2, 0) is 6.54 Å². The molecule has 19 heavy (non-hydrogen) atoms. The normalized spacial score (nSPS) is 11.0. The fourth-order valence-electron chi connectivity index (χ4n) is 2.04. The number of aromatic nitrogens is 5. The summed E-state index contributed by atoms with van der Waals surface area (Å²) in [6.07, 6.45) is 3.83. The van der Waals surface area contributed by atoms with Crippen LogP contribution in [0.2, 0.25) is 0 Å². The van der Waals surface area contributed by atoms with Gasteiger partial charge in [-0.05, 0) is 17.2 Å². The van der Waals surface area contributed by atoms with E-state index in [0.29, 0.717) is 34.7 Å². The Balaban J connectivity index is 2.38. The van der Waals surface area contributed by atoms with E-state index in [1.165, 1.54) is 6.20 Å². The first-order valence-corrected chi connectivity index (χ1v) is 5.64. The largest absolute Gasteiger partial charge is 0.379 e. The van der Waals surface area contributed by atoms with E-state index in [-0.39, 0.29) is 5.82 Å². The van der Waals surface area contributed by atoms with Gasteiger partial charge in [-0.25, -0.2) is 9.61 Å². The number of aryl methyl sites for hydroxylation is 1. The second-order valence-corrected chi connectivity index (χ2v) is 3.89. The smallest absolute Gasteiger partial charge is 0.199 e. The zero-order valence-electron chi connectivity index (χ0n) is 10.1. The third kappa shape index (κ3) is 1.57. The SMILES string of the molecule is CCn1c(-c2nonc2N)nc2cncc(C=O)c21. The number of carbonyl (C=O) groups is 1. The van der Waals surface area contributed by atoms with Crippen LogP contribution >= 0.6 is 0 Å². The average molecular weight is 258 g/mol. The molecule has 0 saturated heterocycles. The monoisotopic (exact) mass is 258 g/mol. The standard InChI is InChI=1S/C11H10N6O2/c1-2-17-9-6(5-18)3-13-4-7(9)14-11(17)8-10(12)16-19-15-8/h3-5H,2H2,1H3,(H2,12,16). The minimum atomic E-state index is 0.158. The average Bonchev–Trinajstić information content (AvgIpc) is 3.00. The van der Waals surface area contributed by atoms with Gasteiger partial charge in [0.05, 0.1) is 17.3 Å². The van der Waals surface area contributed by atoms with E-state index < -0.39 is 0 Å². The van der Waals surface area contributed by atoms with E-state index in [0.717, 1.165) is 6.29 Å². The number of nitrogens with zero attached hydrogens (tertiary/aromatic N) is 5. The van der Waals surface area contributed by atoms with Gasteiger partial charge in [-0.3, -0.25) is 9.78 Å². The zero-order chi connectivity index (χ0) is 13.4. The number of hydrogen-bond donors (Lipinski definition) is 1. The van der Waals surface area contributed by atoms with Gasteiger partial charge in [0.15, 0.2) is 23.6 Å². The van der Waals surface area contributed by atoms with Crippen LogP contribution in [0, 0.1) is 0 Å². The van der Waals surface area contributed by atoms with E-state index in [4.69, 9.17) is 5.73 Å². The van der Waals surface area contributed by atoms with Crippen LogP contribution in [0.4, 0.5) is 5.82 Å². The molecule has 2 N–H and O–H groups in total. The summed E-state index contributed by atoms with van der Waals surface area (Å²) >= 11 is 0.